The van der Waals surface area contributed by atoms with E-state index in [1.54, 1.807) is 24.3 Å². The molecule has 0 aliphatic heterocycles. The molecule has 48 heavy (non-hydrogen) atoms. The molecule has 0 spiro atoms. The fourth-order valence-electron chi connectivity index (χ4n) is 3.99. The third-order valence-electron chi connectivity index (χ3n) is 5.87. The summed E-state index contributed by atoms with van der Waals surface area (Å²) in [6.07, 6.45) is 2.33. The van der Waals surface area contributed by atoms with E-state index in [2.05, 4.69) is 45.9 Å². The minimum Gasteiger partial charge on any atom is -0.744 e. The molecule has 236 valence electrons. The van der Waals surface area contributed by atoms with Crippen LogP contribution in [0.2, 0.25) is 0 Å². The molecule has 18 nitrogen and oxygen atoms in total. The van der Waals surface area contributed by atoms with Gasteiger partial charge in [-0.1, -0.05) is 42.5 Å². The van der Waals surface area contributed by atoms with Crippen LogP contribution in [0.5, 0.6) is 0 Å². The van der Waals surface area contributed by atoms with Gasteiger partial charge in [0.05, 0.1) is 9.79 Å². The minimum absolute atomic E-state index is 0. The maximum Gasteiger partial charge on any atom is 1.00 e. The van der Waals surface area contributed by atoms with Crippen LogP contribution in [-0.2, 0) is 20.2 Å². The quantitative estimate of drug-likeness (QED) is 0.0458. The molecular weight excluding hydrogens is 686 g/mol. The van der Waals surface area contributed by atoms with E-state index >= 15 is 0 Å². The van der Waals surface area contributed by atoms with Crippen molar-refractivity contribution in [2.24, 2.45) is 0 Å². The Morgan fingerprint density at radius 3 is 1.31 bits per heavy atom. The fourth-order valence-corrected chi connectivity index (χ4v) is 5.38. The van der Waals surface area contributed by atoms with E-state index in [-0.39, 0.29) is 117 Å². The summed E-state index contributed by atoms with van der Waals surface area (Å²) in [5.41, 5.74) is 17.5. The van der Waals surface area contributed by atoms with Crippen LogP contribution >= 0.6 is 0 Å². The first-order valence-electron chi connectivity index (χ1n) is 12.8. The van der Waals surface area contributed by atoms with Crippen molar-refractivity contribution in [3.8, 4) is 0 Å². The Morgan fingerprint density at radius 1 is 0.521 bits per heavy atom. The monoisotopic (exact) mass is 708 g/mol. The molecule has 0 bridgehead atoms. The Kier molecular flexibility index (Phi) is 12.8. The number of hydrogen-bond donors (Lipinski definition) is 6. The molecule has 22 heteroatoms. The molecular formula is C26H22N12Na2O6S2. The van der Waals surface area contributed by atoms with E-state index in [4.69, 9.17) is 17.2 Å². The molecule has 2 aromatic heterocycles. The number of nitrogens with two attached hydrogens (primary N) is 3. The van der Waals surface area contributed by atoms with Crippen LogP contribution in [0, 0.1) is 0 Å². The second-order valence-electron chi connectivity index (χ2n) is 9.20. The van der Waals surface area contributed by atoms with Gasteiger partial charge in [-0.2, -0.15) is 29.9 Å². The van der Waals surface area contributed by atoms with Crippen molar-refractivity contribution in [3.05, 3.63) is 77.9 Å². The zero-order chi connectivity index (χ0) is 33.1. The van der Waals surface area contributed by atoms with Gasteiger partial charge in [0.2, 0.25) is 35.7 Å². The topological polar surface area (TPSA) is 306 Å². The van der Waals surface area contributed by atoms with Crippen molar-refractivity contribution in [1.82, 2.24) is 29.9 Å². The van der Waals surface area contributed by atoms with Crippen molar-refractivity contribution in [2.45, 2.75) is 9.79 Å². The molecule has 5 aromatic rings. The molecule has 0 aliphatic rings. The molecule has 0 saturated heterocycles. The second-order valence-corrected chi connectivity index (χ2v) is 11.9. The Hall–Kier alpha value is -3.96. The van der Waals surface area contributed by atoms with Gasteiger partial charge >= 0.3 is 59.1 Å². The average Bonchev–Trinajstić information content (AvgIpc) is 2.95. The van der Waals surface area contributed by atoms with Gasteiger partial charge in [-0.25, -0.2) is 16.8 Å². The summed E-state index contributed by atoms with van der Waals surface area (Å²) in [7, 11) is -10.1. The summed E-state index contributed by atoms with van der Waals surface area (Å²) < 4.78 is 72.9. The molecule has 0 radical (unpaired) electrons. The summed E-state index contributed by atoms with van der Waals surface area (Å²) in [5.74, 6) is -0.587. The Morgan fingerprint density at radius 2 is 0.896 bits per heavy atom. The van der Waals surface area contributed by atoms with Crippen molar-refractivity contribution in [2.75, 3.05) is 33.2 Å². The van der Waals surface area contributed by atoms with Gasteiger partial charge in [0.25, 0.3) is 0 Å². The van der Waals surface area contributed by atoms with Crippen molar-refractivity contribution in [1.29, 1.82) is 0 Å². The number of para-hydroxylation sites is 1. The summed E-state index contributed by atoms with van der Waals surface area (Å²) in [6.45, 7) is 0. The predicted octanol–water partition coefficient (Wildman–Crippen LogP) is -3.98. The standard InChI is InChI=1S/C26H24N12O6S2.2Na/c27-21-33-22(28)35-24(34-21)31-17-10-8-14(19(12-17)45(39,40)41)6-7-15-9-11-18(13-20(15)46(42,43)44)32-26-37-23(29)36-25(38-26)30-16-4-2-1-3-5-16;;/h1-13H,(H,39,40,41)(H,42,43,44)(H5,27,28,31,33,34,35)(H4,29,30,32,36,37,38);;/q;2*+1/p-2. The van der Waals surface area contributed by atoms with Crippen LogP contribution in [0.15, 0.2) is 76.5 Å². The first kappa shape index (κ1) is 38.5. The zero-order valence-corrected chi connectivity index (χ0v) is 30.8. The van der Waals surface area contributed by atoms with Crippen molar-refractivity contribution in [3.63, 3.8) is 0 Å². The summed E-state index contributed by atoms with van der Waals surface area (Å²) >= 11 is 0. The summed E-state index contributed by atoms with van der Waals surface area (Å²) in [5, 5.41) is 8.41. The Labute approximate surface area is 318 Å². The number of nitrogens with one attached hydrogen (secondary N) is 3. The number of nitrogens with zero attached hydrogens (tertiary/aromatic N) is 6. The molecule has 3 aromatic carbocycles. The number of aromatic nitrogens is 6. The normalized spacial score (nSPS) is 11.3. The molecule has 0 atom stereocenters. The van der Waals surface area contributed by atoms with E-state index in [0.29, 0.717) is 5.69 Å². The van der Waals surface area contributed by atoms with E-state index in [0.717, 1.165) is 12.1 Å². The van der Waals surface area contributed by atoms with Gasteiger partial charge < -0.3 is 42.3 Å². The van der Waals surface area contributed by atoms with Crippen LogP contribution in [0.25, 0.3) is 12.2 Å². The maximum absolute atomic E-state index is 12.2. The third-order valence-corrected chi connectivity index (χ3v) is 7.66. The van der Waals surface area contributed by atoms with Crippen LogP contribution in [-0.4, -0.2) is 55.8 Å². The molecule has 0 saturated carbocycles. The first-order chi connectivity index (χ1) is 21.7. The minimum atomic E-state index is -5.06. The molecule has 0 fully saturated rings. The SMILES string of the molecule is Nc1nc(N)nc(Nc2ccc(C=Cc3ccc(Nc4nc(N)nc(Nc5ccccc5)n4)cc3S(=O)(=O)[O-])c(S(=O)(=O)[O-])c2)n1.[Na+].[Na+]. The zero-order valence-electron chi connectivity index (χ0n) is 25.2. The number of hydrogen-bond acceptors (Lipinski definition) is 18. The Balaban J connectivity index is 0.00000312. The van der Waals surface area contributed by atoms with E-state index < -0.39 is 30.0 Å². The third kappa shape index (κ3) is 10.3. The molecule has 9 N–H and O–H groups in total. The first-order valence-corrected chi connectivity index (χ1v) is 15.6. The van der Waals surface area contributed by atoms with Gasteiger partial charge in [0, 0.05) is 17.1 Å². The molecule has 2 heterocycles. The van der Waals surface area contributed by atoms with Crippen LogP contribution in [0.1, 0.15) is 11.1 Å². The summed E-state index contributed by atoms with van der Waals surface area (Å²) in [6, 6.07) is 16.4. The van der Waals surface area contributed by atoms with Crippen LogP contribution < -0.4 is 92.3 Å². The van der Waals surface area contributed by atoms with Gasteiger partial charge in [-0.05, 0) is 47.5 Å². The predicted molar refractivity (Wildman–Crippen MR) is 167 cm³/mol. The number of rotatable bonds is 10. The van der Waals surface area contributed by atoms with Gasteiger partial charge in [-0.3, -0.25) is 0 Å². The van der Waals surface area contributed by atoms with E-state index in [1.807, 2.05) is 6.07 Å². The van der Waals surface area contributed by atoms with Crippen molar-refractivity contribution >= 4 is 85.1 Å². The Bertz CT molecular complexity index is 2180. The van der Waals surface area contributed by atoms with E-state index in [1.165, 1.54) is 36.4 Å². The average molecular weight is 709 g/mol. The smallest absolute Gasteiger partial charge is 0.744 e. The van der Waals surface area contributed by atoms with Crippen LogP contribution in [0.3, 0.4) is 0 Å². The molecule has 0 amide bonds. The second kappa shape index (κ2) is 16.0. The number of nitrogen functional groups attached to an aromatic ring is 3. The molecule has 0 unspecified atom stereocenters. The number of benzene rings is 3. The number of anilines is 9. The maximum atomic E-state index is 12.2. The van der Waals surface area contributed by atoms with E-state index in [9.17, 15) is 25.9 Å². The summed E-state index contributed by atoms with van der Waals surface area (Å²) in [4.78, 5) is 22.1. The van der Waals surface area contributed by atoms with Crippen LogP contribution in [0.4, 0.5) is 52.8 Å². The van der Waals surface area contributed by atoms with Gasteiger partial charge in [-0.15, -0.1) is 0 Å². The molecule has 5 rings (SSSR count). The fraction of sp³-hybridized carbons (Fsp3) is 0. The largest absolute Gasteiger partial charge is 1.00 e. The van der Waals surface area contributed by atoms with Crippen molar-refractivity contribution < 1.29 is 85.1 Å². The van der Waals surface area contributed by atoms with Gasteiger partial charge in [0.1, 0.15) is 20.2 Å². The van der Waals surface area contributed by atoms with Gasteiger partial charge in [0.15, 0.2) is 0 Å². The molecule has 0 aliphatic carbocycles.